The number of hydrogen-bond acceptors (Lipinski definition) is 2. The first-order chi connectivity index (χ1) is 5.43. The van der Waals surface area contributed by atoms with Crippen LogP contribution in [0.15, 0.2) is 24.5 Å². The van der Waals surface area contributed by atoms with E-state index in [-0.39, 0.29) is 0 Å². The molecule has 1 rings (SSSR count). The Morgan fingerprint density at radius 1 is 1.45 bits per heavy atom. The zero-order chi connectivity index (χ0) is 7.94. The van der Waals surface area contributed by atoms with Gasteiger partial charge < -0.3 is 4.74 Å². The molecular weight excluding hydrogens is 138 g/mol. The van der Waals surface area contributed by atoms with Gasteiger partial charge in [0.1, 0.15) is 0 Å². The Labute approximate surface area is 67.2 Å². The highest BCUT2D eigenvalue weighted by atomic mass is 16.5. The van der Waals surface area contributed by atoms with Crippen LogP contribution in [0.3, 0.4) is 0 Å². The number of rotatable bonds is 4. The number of pyridine rings is 1. The fraction of sp³-hybridized carbons (Fsp3) is 0.333. The van der Waals surface area contributed by atoms with Crippen molar-refractivity contribution >= 4 is 0 Å². The summed E-state index contributed by atoms with van der Waals surface area (Å²) in [5, 5.41) is 0. The van der Waals surface area contributed by atoms with Crippen molar-refractivity contribution in [3.8, 4) is 0 Å². The van der Waals surface area contributed by atoms with Crippen LogP contribution in [0.1, 0.15) is 12.0 Å². The summed E-state index contributed by atoms with van der Waals surface area (Å²) in [6.45, 7) is 0.780. The van der Waals surface area contributed by atoms with Crippen molar-refractivity contribution in [1.82, 2.24) is 4.98 Å². The van der Waals surface area contributed by atoms with Gasteiger partial charge in [0.25, 0.3) is 0 Å². The normalized spacial score (nSPS) is 9.91. The van der Waals surface area contributed by atoms with E-state index in [0.29, 0.717) is 0 Å². The molecule has 1 aromatic rings. The second kappa shape index (κ2) is 4.85. The standard InChI is InChI=1S/C9H12NO/c1-11-8-2-3-9-4-6-10-7-5-9/h3-7H,2,8H2,1H3. The summed E-state index contributed by atoms with van der Waals surface area (Å²) in [4.78, 5) is 3.92. The number of methoxy groups -OCH3 is 1. The molecule has 0 aliphatic heterocycles. The Kier molecular flexibility index (Phi) is 3.62. The molecular formula is C9H12NO. The van der Waals surface area contributed by atoms with Gasteiger partial charge in [-0.25, -0.2) is 0 Å². The number of ether oxygens (including phenoxy) is 1. The molecule has 0 bridgehead atoms. The zero-order valence-electron chi connectivity index (χ0n) is 6.66. The average molecular weight is 150 g/mol. The minimum Gasteiger partial charge on any atom is -0.385 e. The van der Waals surface area contributed by atoms with Gasteiger partial charge in [0.2, 0.25) is 0 Å². The quantitative estimate of drug-likeness (QED) is 0.609. The summed E-state index contributed by atoms with van der Waals surface area (Å²) in [6.07, 6.45) is 6.67. The molecule has 2 heteroatoms. The average Bonchev–Trinajstić information content (AvgIpc) is 2.07. The van der Waals surface area contributed by atoms with Crippen LogP contribution >= 0.6 is 0 Å². The first kappa shape index (κ1) is 8.21. The minimum absolute atomic E-state index is 0.780. The van der Waals surface area contributed by atoms with E-state index in [0.717, 1.165) is 13.0 Å². The maximum atomic E-state index is 4.92. The van der Waals surface area contributed by atoms with Crippen LogP contribution in [0.2, 0.25) is 0 Å². The third-order valence-corrected chi connectivity index (χ3v) is 1.41. The number of nitrogens with zero attached hydrogens (tertiary/aromatic N) is 1. The predicted octanol–water partition coefficient (Wildman–Crippen LogP) is 1.67. The topological polar surface area (TPSA) is 22.1 Å². The van der Waals surface area contributed by atoms with Crippen molar-refractivity contribution in [2.45, 2.75) is 6.42 Å². The largest absolute Gasteiger partial charge is 0.385 e. The molecule has 0 unspecified atom stereocenters. The summed E-state index contributed by atoms with van der Waals surface area (Å²) >= 11 is 0. The molecule has 1 heterocycles. The Hall–Kier alpha value is -0.890. The van der Waals surface area contributed by atoms with E-state index in [1.807, 2.05) is 12.1 Å². The fourth-order valence-electron chi connectivity index (χ4n) is 0.843. The van der Waals surface area contributed by atoms with E-state index < -0.39 is 0 Å². The Bertz CT molecular complexity index is 186. The summed E-state index contributed by atoms with van der Waals surface area (Å²) in [5.41, 5.74) is 1.21. The van der Waals surface area contributed by atoms with Gasteiger partial charge in [0.05, 0.1) is 0 Å². The number of aromatic nitrogens is 1. The van der Waals surface area contributed by atoms with Gasteiger partial charge in [-0.15, -0.1) is 0 Å². The molecule has 0 atom stereocenters. The molecule has 0 aromatic carbocycles. The first-order valence-electron chi connectivity index (χ1n) is 3.65. The second-order valence-electron chi connectivity index (χ2n) is 2.27. The number of hydrogen-bond donors (Lipinski definition) is 0. The molecule has 0 spiro atoms. The highest BCUT2D eigenvalue weighted by Gasteiger charge is 1.90. The zero-order valence-corrected chi connectivity index (χ0v) is 6.66. The molecule has 2 nitrogen and oxygen atoms in total. The van der Waals surface area contributed by atoms with Crippen molar-refractivity contribution in [2.24, 2.45) is 0 Å². The minimum atomic E-state index is 0.780. The molecule has 1 aromatic heterocycles. The second-order valence-corrected chi connectivity index (χ2v) is 2.27. The maximum absolute atomic E-state index is 4.92. The van der Waals surface area contributed by atoms with Crippen molar-refractivity contribution in [3.63, 3.8) is 0 Å². The van der Waals surface area contributed by atoms with Crippen LogP contribution in [0, 0.1) is 6.42 Å². The first-order valence-corrected chi connectivity index (χ1v) is 3.65. The van der Waals surface area contributed by atoms with Gasteiger partial charge >= 0.3 is 0 Å². The fourth-order valence-corrected chi connectivity index (χ4v) is 0.843. The molecule has 0 N–H and O–H groups in total. The van der Waals surface area contributed by atoms with Crippen molar-refractivity contribution in [1.29, 1.82) is 0 Å². The van der Waals surface area contributed by atoms with E-state index in [2.05, 4.69) is 11.4 Å². The van der Waals surface area contributed by atoms with Crippen LogP contribution in [0.4, 0.5) is 0 Å². The van der Waals surface area contributed by atoms with Gasteiger partial charge in [-0.1, -0.05) is 0 Å². The molecule has 0 aliphatic carbocycles. The van der Waals surface area contributed by atoms with Crippen molar-refractivity contribution in [3.05, 3.63) is 36.5 Å². The molecule has 0 fully saturated rings. The molecule has 1 radical (unpaired) electrons. The Balaban J connectivity index is 2.28. The Morgan fingerprint density at radius 3 is 2.82 bits per heavy atom. The van der Waals surface area contributed by atoms with E-state index in [9.17, 15) is 0 Å². The highest BCUT2D eigenvalue weighted by molar-refractivity contribution is 5.18. The van der Waals surface area contributed by atoms with Gasteiger partial charge in [-0.2, -0.15) is 0 Å². The van der Waals surface area contributed by atoms with Crippen LogP contribution in [-0.2, 0) is 4.74 Å². The van der Waals surface area contributed by atoms with Gasteiger partial charge in [0.15, 0.2) is 0 Å². The predicted molar refractivity (Wildman–Crippen MR) is 44.1 cm³/mol. The highest BCUT2D eigenvalue weighted by Crippen LogP contribution is 2.02. The molecule has 0 amide bonds. The summed E-state index contributed by atoms with van der Waals surface area (Å²) < 4.78 is 4.92. The molecule has 0 aliphatic rings. The molecule has 59 valence electrons. The Morgan fingerprint density at radius 2 is 2.18 bits per heavy atom. The van der Waals surface area contributed by atoms with Crippen LogP contribution < -0.4 is 0 Å². The lowest BCUT2D eigenvalue weighted by Crippen LogP contribution is -1.89. The molecule has 0 saturated carbocycles. The summed E-state index contributed by atoms with van der Waals surface area (Å²) in [6, 6.07) is 3.96. The monoisotopic (exact) mass is 150 g/mol. The smallest absolute Gasteiger partial charge is 0.0468 e. The van der Waals surface area contributed by atoms with Crippen LogP contribution in [0.25, 0.3) is 0 Å². The van der Waals surface area contributed by atoms with E-state index in [4.69, 9.17) is 4.74 Å². The third-order valence-electron chi connectivity index (χ3n) is 1.41. The van der Waals surface area contributed by atoms with E-state index >= 15 is 0 Å². The van der Waals surface area contributed by atoms with Gasteiger partial charge in [0, 0.05) is 26.1 Å². The van der Waals surface area contributed by atoms with Crippen LogP contribution in [0.5, 0.6) is 0 Å². The molecule has 0 saturated heterocycles. The SMILES string of the molecule is COCC[CH]c1ccncc1. The third kappa shape index (κ3) is 3.14. The van der Waals surface area contributed by atoms with E-state index in [1.54, 1.807) is 19.5 Å². The van der Waals surface area contributed by atoms with Crippen LogP contribution in [-0.4, -0.2) is 18.7 Å². The maximum Gasteiger partial charge on any atom is 0.0468 e. The van der Waals surface area contributed by atoms with E-state index in [1.165, 1.54) is 5.56 Å². The lowest BCUT2D eigenvalue weighted by molar-refractivity contribution is 0.202. The summed E-state index contributed by atoms with van der Waals surface area (Å²) in [5.74, 6) is 0. The van der Waals surface area contributed by atoms with Gasteiger partial charge in [-0.3, -0.25) is 4.98 Å². The van der Waals surface area contributed by atoms with Crippen molar-refractivity contribution < 1.29 is 4.74 Å². The lowest BCUT2D eigenvalue weighted by Gasteiger charge is -1.98. The van der Waals surface area contributed by atoms with Gasteiger partial charge in [-0.05, 0) is 30.5 Å². The van der Waals surface area contributed by atoms with Crippen molar-refractivity contribution in [2.75, 3.05) is 13.7 Å². The lowest BCUT2D eigenvalue weighted by atomic mass is 10.1. The molecule has 11 heavy (non-hydrogen) atoms. The summed E-state index contributed by atoms with van der Waals surface area (Å²) in [7, 11) is 1.71.